The van der Waals surface area contributed by atoms with Crippen molar-refractivity contribution >= 4 is 17.2 Å². The van der Waals surface area contributed by atoms with Gasteiger partial charge in [-0.05, 0) is 25.4 Å². The number of thiophene rings is 1. The topological polar surface area (TPSA) is 61.6 Å². The average molecular weight is 391 g/mol. The lowest BCUT2D eigenvalue weighted by atomic mass is 9.88. The Kier molecular flexibility index (Phi) is 6.03. The van der Waals surface area contributed by atoms with Crippen molar-refractivity contribution in [1.29, 1.82) is 0 Å². The highest BCUT2D eigenvalue weighted by Gasteiger charge is 2.30. The molecule has 2 aromatic heterocycles. The Morgan fingerprint density at radius 2 is 2.04 bits per heavy atom. The van der Waals surface area contributed by atoms with E-state index in [0.29, 0.717) is 23.6 Å². The van der Waals surface area contributed by atoms with Gasteiger partial charge < -0.3 is 14.7 Å². The molecular weight excluding hydrogens is 360 g/mol. The second-order valence-corrected chi connectivity index (χ2v) is 9.27. The first-order chi connectivity index (χ1) is 12.8. The monoisotopic (exact) mass is 390 g/mol. The predicted molar refractivity (Wildman–Crippen MR) is 108 cm³/mol. The van der Waals surface area contributed by atoms with Crippen LogP contribution < -0.4 is 5.32 Å². The molecule has 1 aliphatic heterocycles. The van der Waals surface area contributed by atoms with E-state index in [2.05, 4.69) is 44.8 Å². The van der Waals surface area contributed by atoms with Gasteiger partial charge in [0.25, 0.3) is 5.91 Å². The number of amides is 1. The average Bonchev–Trinajstić information content (AvgIpc) is 3.25. The summed E-state index contributed by atoms with van der Waals surface area (Å²) in [5.41, 5.74) is 1.05. The fourth-order valence-corrected chi connectivity index (χ4v) is 4.31. The normalized spacial score (nSPS) is 17.8. The summed E-state index contributed by atoms with van der Waals surface area (Å²) >= 11 is 1.75. The van der Waals surface area contributed by atoms with Crippen molar-refractivity contribution in [3.8, 4) is 0 Å². The second-order valence-electron chi connectivity index (χ2n) is 8.29. The molecule has 0 radical (unpaired) electrons. The van der Waals surface area contributed by atoms with Crippen LogP contribution in [-0.2, 0) is 5.41 Å². The first-order valence-electron chi connectivity index (χ1n) is 9.48. The van der Waals surface area contributed by atoms with E-state index in [9.17, 15) is 4.79 Å². The quantitative estimate of drug-likeness (QED) is 0.850. The summed E-state index contributed by atoms with van der Waals surface area (Å²) in [4.78, 5) is 19.1. The number of hydrogen-bond acceptors (Lipinski definition) is 6. The van der Waals surface area contributed by atoms with Gasteiger partial charge in [0.15, 0.2) is 0 Å². The molecule has 1 amide bonds. The van der Waals surface area contributed by atoms with E-state index in [4.69, 9.17) is 4.52 Å². The number of hydrogen-bond donors (Lipinski definition) is 1. The van der Waals surface area contributed by atoms with Gasteiger partial charge in [0.05, 0.1) is 6.04 Å². The maximum absolute atomic E-state index is 13.0. The van der Waals surface area contributed by atoms with Crippen LogP contribution in [0, 0.1) is 6.92 Å². The molecule has 1 atom stereocenters. The Labute approximate surface area is 165 Å². The highest BCUT2D eigenvalue weighted by atomic mass is 32.1. The van der Waals surface area contributed by atoms with Gasteiger partial charge >= 0.3 is 0 Å². The number of carbonyl (C=O) groups excluding carboxylic acids is 1. The summed E-state index contributed by atoms with van der Waals surface area (Å²) in [5, 5.41) is 9.38. The molecule has 0 aromatic carbocycles. The van der Waals surface area contributed by atoms with Gasteiger partial charge in [-0.1, -0.05) is 32.0 Å². The first-order valence-corrected chi connectivity index (χ1v) is 10.4. The third-order valence-corrected chi connectivity index (χ3v) is 6.08. The van der Waals surface area contributed by atoms with Crippen LogP contribution in [-0.4, -0.2) is 60.6 Å². The molecule has 148 valence electrons. The van der Waals surface area contributed by atoms with Crippen molar-refractivity contribution in [3.05, 3.63) is 39.4 Å². The van der Waals surface area contributed by atoms with Crippen LogP contribution >= 0.6 is 11.3 Å². The molecule has 0 aliphatic carbocycles. The predicted octanol–water partition coefficient (Wildman–Crippen LogP) is 3.06. The zero-order valence-electron chi connectivity index (χ0n) is 16.9. The Balaban J connectivity index is 1.74. The van der Waals surface area contributed by atoms with Crippen molar-refractivity contribution in [2.24, 2.45) is 0 Å². The smallest absolute Gasteiger partial charge is 0.256 e. The molecule has 6 nitrogen and oxygen atoms in total. The Morgan fingerprint density at radius 3 is 2.63 bits per heavy atom. The fourth-order valence-electron chi connectivity index (χ4n) is 3.45. The summed E-state index contributed by atoms with van der Waals surface area (Å²) in [6.45, 7) is 12.6. The minimum absolute atomic E-state index is 0.102. The molecular formula is C20H30N4O2S. The van der Waals surface area contributed by atoms with Crippen LogP contribution in [0.2, 0.25) is 0 Å². The van der Waals surface area contributed by atoms with Crippen molar-refractivity contribution in [1.82, 2.24) is 20.3 Å². The van der Waals surface area contributed by atoms with E-state index in [1.54, 1.807) is 18.3 Å². The Morgan fingerprint density at radius 1 is 1.33 bits per heavy atom. The number of nitrogens with zero attached hydrogens (tertiary/aromatic N) is 3. The Hall–Kier alpha value is -1.70. The van der Waals surface area contributed by atoms with Crippen molar-refractivity contribution in [2.45, 2.75) is 39.2 Å². The molecule has 0 spiro atoms. The summed E-state index contributed by atoms with van der Waals surface area (Å²) in [6.07, 6.45) is 0. The van der Waals surface area contributed by atoms with Gasteiger partial charge in [-0.15, -0.1) is 11.3 Å². The van der Waals surface area contributed by atoms with E-state index in [-0.39, 0.29) is 17.4 Å². The minimum Gasteiger partial charge on any atom is -0.361 e. The van der Waals surface area contributed by atoms with E-state index < -0.39 is 0 Å². The molecule has 0 saturated carbocycles. The van der Waals surface area contributed by atoms with Gasteiger partial charge in [0.1, 0.15) is 17.0 Å². The van der Waals surface area contributed by atoms with Gasteiger partial charge in [0.2, 0.25) is 0 Å². The standard InChI is InChI=1S/C20H30N4O2S/c1-14-17(18(22-26-14)20(2,3)4)19(25)21-13-15(16-7-6-12-27-16)24-10-8-23(5)9-11-24/h6-7,12,15H,8-11,13H2,1-5H3,(H,21,25). The van der Waals surface area contributed by atoms with E-state index in [1.807, 2.05) is 20.8 Å². The summed E-state index contributed by atoms with van der Waals surface area (Å²) in [7, 11) is 2.15. The summed E-state index contributed by atoms with van der Waals surface area (Å²) in [6, 6.07) is 4.43. The third-order valence-electron chi connectivity index (χ3n) is 5.11. The van der Waals surface area contributed by atoms with Crippen LogP contribution in [0.4, 0.5) is 0 Å². The number of rotatable bonds is 5. The molecule has 1 fully saturated rings. The third kappa shape index (κ3) is 4.59. The second kappa shape index (κ2) is 8.12. The highest BCUT2D eigenvalue weighted by Crippen LogP contribution is 2.28. The molecule has 3 rings (SSSR count). The molecule has 7 heteroatoms. The van der Waals surface area contributed by atoms with Crippen LogP contribution in [0.15, 0.2) is 22.0 Å². The number of aryl methyl sites for hydroxylation is 1. The van der Waals surface area contributed by atoms with Crippen molar-refractivity contribution in [3.63, 3.8) is 0 Å². The number of likely N-dealkylation sites (N-methyl/N-ethyl adjacent to an activating group) is 1. The van der Waals surface area contributed by atoms with Crippen LogP contribution in [0.5, 0.6) is 0 Å². The van der Waals surface area contributed by atoms with Gasteiger partial charge in [-0.3, -0.25) is 9.69 Å². The van der Waals surface area contributed by atoms with Crippen molar-refractivity contribution < 1.29 is 9.32 Å². The molecule has 27 heavy (non-hydrogen) atoms. The molecule has 1 aliphatic rings. The first kappa shape index (κ1) is 20.0. The molecule has 1 unspecified atom stereocenters. The molecule has 1 N–H and O–H groups in total. The lowest BCUT2D eigenvalue weighted by Gasteiger charge is -2.37. The maximum Gasteiger partial charge on any atom is 0.256 e. The van der Waals surface area contributed by atoms with Gasteiger partial charge in [-0.25, -0.2) is 0 Å². The highest BCUT2D eigenvalue weighted by molar-refractivity contribution is 7.10. The summed E-state index contributed by atoms with van der Waals surface area (Å²) < 4.78 is 5.33. The van der Waals surface area contributed by atoms with E-state index in [1.165, 1.54) is 4.88 Å². The molecule has 2 aromatic rings. The van der Waals surface area contributed by atoms with E-state index >= 15 is 0 Å². The largest absolute Gasteiger partial charge is 0.361 e. The zero-order chi connectivity index (χ0) is 19.6. The Bertz CT molecular complexity index is 756. The lowest BCUT2D eigenvalue weighted by molar-refractivity contribution is 0.0887. The number of piperazine rings is 1. The van der Waals surface area contributed by atoms with Crippen molar-refractivity contribution in [2.75, 3.05) is 39.8 Å². The van der Waals surface area contributed by atoms with Crippen LogP contribution in [0.1, 0.15) is 53.5 Å². The maximum atomic E-state index is 13.0. The molecule has 0 bridgehead atoms. The number of aromatic nitrogens is 1. The number of nitrogens with one attached hydrogen (secondary N) is 1. The SMILES string of the molecule is Cc1onc(C(C)(C)C)c1C(=O)NCC(c1cccs1)N1CCN(C)CC1. The molecule has 1 saturated heterocycles. The molecule has 3 heterocycles. The van der Waals surface area contributed by atoms with E-state index in [0.717, 1.165) is 26.2 Å². The number of carbonyl (C=O) groups is 1. The van der Waals surface area contributed by atoms with Crippen LogP contribution in [0.25, 0.3) is 0 Å². The van der Waals surface area contributed by atoms with Gasteiger partial charge in [0, 0.05) is 43.0 Å². The zero-order valence-corrected chi connectivity index (χ0v) is 17.7. The van der Waals surface area contributed by atoms with Gasteiger partial charge in [-0.2, -0.15) is 0 Å². The summed E-state index contributed by atoms with van der Waals surface area (Å²) in [5.74, 6) is 0.471. The fraction of sp³-hybridized carbons (Fsp3) is 0.600. The lowest BCUT2D eigenvalue weighted by Crippen LogP contribution is -2.48. The minimum atomic E-state index is -0.241. The van der Waals surface area contributed by atoms with Crippen LogP contribution in [0.3, 0.4) is 0 Å².